The Morgan fingerprint density at radius 1 is 1.10 bits per heavy atom. The Hall–Kier alpha value is -1.95. The van der Waals surface area contributed by atoms with E-state index in [1.165, 1.54) is 24.3 Å². The molecule has 2 amide bonds. The molecule has 1 heterocycles. The molecule has 2 rings (SSSR count). The normalized spacial score (nSPS) is 16.9. The van der Waals surface area contributed by atoms with Gasteiger partial charge in [0, 0.05) is 31.7 Å². The van der Waals surface area contributed by atoms with Crippen LogP contribution in [-0.2, 0) is 4.79 Å². The predicted octanol–water partition coefficient (Wildman–Crippen LogP) is 0.457. The first-order valence-corrected chi connectivity index (χ1v) is 6.58. The van der Waals surface area contributed by atoms with E-state index in [0.29, 0.717) is 31.7 Å². The molecule has 2 N–H and O–H groups in total. The first-order chi connectivity index (χ1) is 9.49. The Bertz CT molecular complexity index is 494. The second kappa shape index (κ2) is 6.00. The zero-order chi connectivity index (χ0) is 14.7. The standard InChI is InChI=1S/C14H18FN3O2/c1-10(16)13(19)17-6-8-18(9-7-17)14(20)11-2-4-12(15)5-3-11/h2-5,10H,6-9,16H2,1H3/t10-/m1/s1. The van der Waals surface area contributed by atoms with E-state index in [2.05, 4.69) is 0 Å². The fraction of sp³-hybridized carbons (Fsp3) is 0.429. The van der Waals surface area contributed by atoms with Crippen LogP contribution >= 0.6 is 0 Å². The van der Waals surface area contributed by atoms with Gasteiger partial charge in [-0.2, -0.15) is 0 Å². The molecule has 1 aliphatic heterocycles. The van der Waals surface area contributed by atoms with Gasteiger partial charge in [-0.25, -0.2) is 4.39 Å². The average molecular weight is 279 g/mol. The van der Waals surface area contributed by atoms with Crippen LogP contribution in [0.15, 0.2) is 24.3 Å². The van der Waals surface area contributed by atoms with Crippen molar-refractivity contribution in [2.24, 2.45) is 5.73 Å². The number of benzene rings is 1. The zero-order valence-corrected chi connectivity index (χ0v) is 11.4. The molecule has 20 heavy (non-hydrogen) atoms. The number of halogens is 1. The maximum atomic E-state index is 12.8. The van der Waals surface area contributed by atoms with Gasteiger partial charge in [0.1, 0.15) is 5.82 Å². The highest BCUT2D eigenvalue weighted by Crippen LogP contribution is 2.10. The first-order valence-electron chi connectivity index (χ1n) is 6.58. The second-order valence-electron chi connectivity index (χ2n) is 4.91. The van der Waals surface area contributed by atoms with Gasteiger partial charge in [-0.05, 0) is 31.2 Å². The van der Waals surface area contributed by atoms with E-state index in [1.54, 1.807) is 16.7 Å². The summed E-state index contributed by atoms with van der Waals surface area (Å²) in [7, 11) is 0. The van der Waals surface area contributed by atoms with Crippen LogP contribution in [0.4, 0.5) is 4.39 Å². The van der Waals surface area contributed by atoms with Crippen molar-refractivity contribution in [1.29, 1.82) is 0 Å². The Kier molecular flexibility index (Phi) is 4.34. The molecule has 1 aliphatic rings. The number of amides is 2. The molecule has 0 spiro atoms. The summed E-state index contributed by atoms with van der Waals surface area (Å²) >= 11 is 0. The molecule has 0 bridgehead atoms. The molecule has 5 nitrogen and oxygen atoms in total. The topological polar surface area (TPSA) is 66.6 Å². The smallest absolute Gasteiger partial charge is 0.253 e. The minimum absolute atomic E-state index is 0.0983. The molecule has 1 aromatic rings. The molecule has 1 atom stereocenters. The second-order valence-corrected chi connectivity index (χ2v) is 4.91. The lowest BCUT2D eigenvalue weighted by Gasteiger charge is -2.35. The Morgan fingerprint density at radius 3 is 2.10 bits per heavy atom. The van der Waals surface area contributed by atoms with Crippen LogP contribution in [-0.4, -0.2) is 53.8 Å². The number of piperazine rings is 1. The largest absolute Gasteiger partial charge is 0.338 e. The molecule has 1 fully saturated rings. The first kappa shape index (κ1) is 14.5. The van der Waals surface area contributed by atoms with Gasteiger partial charge in [0.25, 0.3) is 5.91 Å². The van der Waals surface area contributed by atoms with E-state index in [9.17, 15) is 14.0 Å². The maximum Gasteiger partial charge on any atom is 0.253 e. The molecule has 108 valence electrons. The monoisotopic (exact) mass is 279 g/mol. The van der Waals surface area contributed by atoms with E-state index in [0.717, 1.165) is 0 Å². The summed E-state index contributed by atoms with van der Waals surface area (Å²) in [5.41, 5.74) is 6.02. The van der Waals surface area contributed by atoms with Gasteiger partial charge in [0.05, 0.1) is 6.04 Å². The minimum atomic E-state index is -0.519. The molecule has 6 heteroatoms. The third kappa shape index (κ3) is 3.14. The van der Waals surface area contributed by atoms with Crippen molar-refractivity contribution in [1.82, 2.24) is 9.80 Å². The Morgan fingerprint density at radius 2 is 1.60 bits per heavy atom. The number of carbonyl (C=O) groups excluding carboxylic acids is 2. The van der Waals surface area contributed by atoms with Crippen LogP contribution < -0.4 is 5.73 Å². The lowest BCUT2D eigenvalue weighted by molar-refractivity contribution is -0.133. The van der Waals surface area contributed by atoms with Crippen molar-refractivity contribution < 1.29 is 14.0 Å². The molecule has 0 aliphatic carbocycles. The van der Waals surface area contributed by atoms with Gasteiger partial charge in [-0.15, -0.1) is 0 Å². The molecule has 1 aromatic carbocycles. The maximum absolute atomic E-state index is 12.8. The van der Waals surface area contributed by atoms with Crippen LogP contribution in [0, 0.1) is 5.82 Å². The van der Waals surface area contributed by atoms with Crippen molar-refractivity contribution >= 4 is 11.8 Å². The van der Waals surface area contributed by atoms with E-state index in [-0.39, 0.29) is 17.6 Å². The van der Waals surface area contributed by atoms with E-state index in [4.69, 9.17) is 5.73 Å². The number of hydrogen-bond acceptors (Lipinski definition) is 3. The Labute approximate surface area is 117 Å². The van der Waals surface area contributed by atoms with Gasteiger partial charge in [0.15, 0.2) is 0 Å². The molecule has 0 aromatic heterocycles. The summed E-state index contributed by atoms with van der Waals surface area (Å²) in [6, 6.07) is 4.95. The number of nitrogens with zero attached hydrogens (tertiary/aromatic N) is 2. The van der Waals surface area contributed by atoms with Crippen molar-refractivity contribution in [3.8, 4) is 0 Å². The SMILES string of the molecule is C[C@@H](N)C(=O)N1CCN(C(=O)c2ccc(F)cc2)CC1. The van der Waals surface area contributed by atoms with Gasteiger partial charge in [0.2, 0.25) is 5.91 Å². The highest BCUT2D eigenvalue weighted by atomic mass is 19.1. The van der Waals surface area contributed by atoms with Crippen LogP contribution in [0.2, 0.25) is 0 Å². The average Bonchev–Trinajstić information content (AvgIpc) is 2.46. The van der Waals surface area contributed by atoms with Gasteiger partial charge < -0.3 is 15.5 Å². The summed E-state index contributed by atoms with van der Waals surface area (Å²) in [5, 5.41) is 0. The third-order valence-electron chi connectivity index (χ3n) is 3.36. The lowest BCUT2D eigenvalue weighted by atomic mass is 10.1. The van der Waals surface area contributed by atoms with Gasteiger partial charge in [-0.1, -0.05) is 0 Å². The zero-order valence-electron chi connectivity index (χ0n) is 11.4. The molecule has 0 unspecified atom stereocenters. The molecule has 1 saturated heterocycles. The minimum Gasteiger partial charge on any atom is -0.338 e. The van der Waals surface area contributed by atoms with Crippen LogP contribution in [0.25, 0.3) is 0 Å². The highest BCUT2D eigenvalue weighted by Gasteiger charge is 2.26. The van der Waals surface area contributed by atoms with Crippen LogP contribution in [0.3, 0.4) is 0 Å². The molecular weight excluding hydrogens is 261 g/mol. The Balaban J connectivity index is 1.95. The van der Waals surface area contributed by atoms with Crippen molar-refractivity contribution in [2.75, 3.05) is 26.2 Å². The fourth-order valence-electron chi connectivity index (χ4n) is 2.19. The van der Waals surface area contributed by atoms with Crippen LogP contribution in [0.1, 0.15) is 17.3 Å². The molecular formula is C14H18FN3O2. The lowest BCUT2D eigenvalue weighted by Crippen LogP contribution is -2.53. The number of carbonyl (C=O) groups is 2. The predicted molar refractivity (Wildman–Crippen MR) is 72.5 cm³/mol. The van der Waals surface area contributed by atoms with Crippen molar-refractivity contribution in [3.63, 3.8) is 0 Å². The van der Waals surface area contributed by atoms with Crippen molar-refractivity contribution in [3.05, 3.63) is 35.6 Å². The third-order valence-corrected chi connectivity index (χ3v) is 3.36. The van der Waals surface area contributed by atoms with Crippen molar-refractivity contribution in [2.45, 2.75) is 13.0 Å². The molecule has 0 saturated carbocycles. The van der Waals surface area contributed by atoms with E-state index >= 15 is 0 Å². The summed E-state index contributed by atoms with van der Waals surface area (Å²) in [6.45, 7) is 3.54. The summed E-state index contributed by atoms with van der Waals surface area (Å²) in [4.78, 5) is 27.3. The summed E-state index contributed by atoms with van der Waals surface area (Å²) in [6.07, 6.45) is 0. The van der Waals surface area contributed by atoms with E-state index < -0.39 is 6.04 Å². The highest BCUT2D eigenvalue weighted by molar-refractivity contribution is 5.94. The van der Waals surface area contributed by atoms with E-state index in [1.807, 2.05) is 0 Å². The quantitative estimate of drug-likeness (QED) is 0.855. The fourth-order valence-corrected chi connectivity index (χ4v) is 2.19. The number of nitrogens with two attached hydrogens (primary N) is 1. The van der Waals surface area contributed by atoms with Gasteiger partial charge >= 0.3 is 0 Å². The number of hydrogen-bond donors (Lipinski definition) is 1. The molecule has 0 radical (unpaired) electrons. The summed E-state index contributed by atoms with van der Waals surface area (Å²) < 4.78 is 12.8. The van der Waals surface area contributed by atoms with Gasteiger partial charge in [-0.3, -0.25) is 9.59 Å². The summed E-state index contributed by atoms with van der Waals surface area (Å²) in [5.74, 6) is -0.606. The van der Waals surface area contributed by atoms with Crippen LogP contribution in [0.5, 0.6) is 0 Å². The number of rotatable bonds is 2.